The van der Waals surface area contributed by atoms with Crippen LogP contribution in [0.3, 0.4) is 0 Å². The Kier molecular flexibility index (Phi) is 5.36. The van der Waals surface area contributed by atoms with Gasteiger partial charge >= 0.3 is 5.97 Å². The van der Waals surface area contributed by atoms with Gasteiger partial charge in [0, 0.05) is 19.5 Å². The predicted molar refractivity (Wildman–Crippen MR) is 69.6 cm³/mol. The number of ether oxygens (including phenoxy) is 1. The molecule has 0 N–H and O–H groups in total. The predicted octanol–water partition coefficient (Wildman–Crippen LogP) is 2.48. The molecule has 0 atom stereocenters. The Balaban J connectivity index is 3.01. The van der Waals surface area contributed by atoms with E-state index < -0.39 is 0 Å². The molecule has 1 rings (SSSR count). The van der Waals surface area contributed by atoms with Crippen LogP contribution in [0.5, 0.6) is 5.75 Å². The van der Waals surface area contributed by atoms with E-state index in [0.29, 0.717) is 24.4 Å². The molecule has 0 bridgehead atoms. The third-order valence-corrected chi connectivity index (χ3v) is 2.68. The molecule has 0 heterocycles. The van der Waals surface area contributed by atoms with E-state index in [2.05, 4.69) is 0 Å². The van der Waals surface area contributed by atoms with Gasteiger partial charge < -0.3 is 9.64 Å². The molecule has 0 aliphatic rings. The summed E-state index contributed by atoms with van der Waals surface area (Å²) >= 11 is 0. The number of carbonyl (C=O) groups excluding carboxylic acids is 2. The van der Waals surface area contributed by atoms with Crippen LogP contribution in [0.15, 0.2) is 24.3 Å². The number of carbonyl (C=O) groups is 2. The normalized spacial score (nSPS) is 9.94. The molecule has 0 unspecified atom stereocenters. The maximum absolute atomic E-state index is 12.2. The lowest BCUT2D eigenvalue weighted by atomic mass is 10.1. The highest BCUT2D eigenvalue weighted by molar-refractivity contribution is 5.97. The van der Waals surface area contributed by atoms with Crippen molar-refractivity contribution in [3.05, 3.63) is 29.8 Å². The fourth-order valence-corrected chi connectivity index (χ4v) is 1.61. The van der Waals surface area contributed by atoms with Crippen molar-refractivity contribution >= 4 is 11.9 Å². The Morgan fingerprint density at radius 2 is 1.72 bits per heavy atom. The third-order valence-electron chi connectivity index (χ3n) is 2.68. The second-order valence-electron chi connectivity index (χ2n) is 3.80. The zero-order valence-electron chi connectivity index (χ0n) is 11.1. The van der Waals surface area contributed by atoms with E-state index in [4.69, 9.17) is 4.74 Å². The molecule has 0 fully saturated rings. The lowest BCUT2D eigenvalue weighted by molar-refractivity contribution is -0.134. The van der Waals surface area contributed by atoms with Crippen LogP contribution in [-0.2, 0) is 4.79 Å². The average Bonchev–Trinajstić information content (AvgIpc) is 2.40. The Bertz CT molecular complexity index is 425. The van der Waals surface area contributed by atoms with Gasteiger partial charge in [-0.05, 0) is 26.0 Å². The average molecular weight is 249 g/mol. The quantitative estimate of drug-likeness (QED) is 0.595. The van der Waals surface area contributed by atoms with Gasteiger partial charge in [0.15, 0.2) is 0 Å². The van der Waals surface area contributed by atoms with Crippen molar-refractivity contribution in [3.63, 3.8) is 0 Å². The van der Waals surface area contributed by atoms with E-state index in [1.807, 2.05) is 13.8 Å². The summed E-state index contributed by atoms with van der Waals surface area (Å²) in [5.74, 6) is -0.115. The number of rotatable bonds is 5. The Morgan fingerprint density at radius 1 is 1.11 bits per heavy atom. The minimum Gasteiger partial charge on any atom is -0.426 e. The highest BCUT2D eigenvalue weighted by atomic mass is 16.5. The highest BCUT2D eigenvalue weighted by Gasteiger charge is 2.18. The number of para-hydroxylation sites is 1. The topological polar surface area (TPSA) is 46.6 Å². The molecule has 1 aromatic carbocycles. The zero-order chi connectivity index (χ0) is 13.5. The fourth-order valence-electron chi connectivity index (χ4n) is 1.61. The highest BCUT2D eigenvalue weighted by Crippen LogP contribution is 2.20. The Morgan fingerprint density at radius 3 is 2.28 bits per heavy atom. The maximum Gasteiger partial charge on any atom is 0.310 e. The molecule has 1 aromatic rings. The van der Waals surface area contributed by atoms with Gasteiger partial charge in [-0.1, -0.05) is 19.1 Å². The number of nitrogens with zero attached hydrogens (tertiary/aromatic N) is 1. The van der Waals surface area contributed by atoms with Gasteiger partial charge in [-0.3, -0.25) is 9.59 Å². The molecule has 98 valence electrons. The van der Waals surface area contributed by atoms with Crippen LogP contribution in [-0.4, -0.2) is 29.9 Å². The van der Waals surface area contributed by atoms with Crippen LogP contribution in [0.1, 0.15) is 37.6 Å². The molecule has 0 saturated heterocycles. The summed E-state index contributed by atoms with van der Waals surface area (Å²) in [5, 5.41) is 0. The van der Waals surface area contributed by atoms with E-state index >= 15 is 0 Å². The van der Waals surface area contributed by atoms with Crippen LogP contribution in [0.2, 0.25) is 0 Å². The zero-order valence-corrected chi connectivity index (χ0v) is 11.1. The van der Waals surface area contributed by atoms with Crippen LogP contribution >= 0.6 is 0 Å². The van der Waals surface area contributed by atoms with E-state index in [0.717, 1.165) is 0 Å². The van der Waals surface area contributed by atoms with Crippen molar-refractivity contribution in [2.75, 3.05) is 13.1 Å². The first-order valence-electron chi connectivity index (χ1n) is 6.22. The molecule has 4 heteroatoms. The monoisotopic (exact) mass is 249 g/mol. The second kappa shape index (κ2) is 6.79. The lowest BCUT2D eigenvalue weighted by Gasteiger charge is -2.19. The van der Waals surface area contributed by atoms with Crippen molar-refractivity contribution in [2.24, 2.45) is 0 Å². The first-order valence-corrected chi connectivity index (χ1v) is 6.22. The van der Waals surface area contributed by atoms with Crippen LogP contribution in [0.25, 0.3) is 0 Å². The summed E-state index contributed by atoms with van der Waals surface area (Å²) in [6, 6.07) is 6.83. The van der Waals surface area contributed by atoms with E-state index in [-0.39, 0.29) is 18.3 Å². The van der Waals surface area contributed by atoms with Gasteiger partial charge in [-0.15, -0.1) is 0 Å². The lowest BCUT2D eigenvalue weighted by Crippen LogP contribution is -2.31. The fraction of sp³-hybridized carbons (Fsp3) is 0.429. The van der Waals surface area contributed by atoms with Crippen LogP contribution in [0, 0.1) is 0 Å². The summed E-state index contributed by atoms with van der Waals surface area (Å²) in [6.45, 7) is 6.82. The van der Waals surface area contributed by atoms with Gasteiger partial charge in [0.1, 0.15) is 5.75 Å². The molecule has 0 spiro atoms. The molecular weight excluding hydrogens is 230 g/mol. The molecule has 0 aliphatic carbocycles. The summed E-state index contributed by atoms with van der Waals surface area (Å²) < 4.78 is 5.17. The number of hydrogen-bond acceptors (Lipinski definition) is 3. The molecular formula is C14H19NO3. The second-order valence-corrected chi connectivity index (χ2v) is 3.80. The van der Waals surface area contributed by atoms with Gasteiger partial charge in [0.2, 0.25) is 0 Å². The van der Waals surface area contributed by atoms with Crippen molar-refractivity contribution in [1.82, 2.24) is 4.90 Å². The third kappa shape index (κ3) is 3.32. The molecule has 18 heavy (non-hydrogen) atoms. The molecule has 1 amide bonds. The number of amides is 1. The van der Waals surface area contributed by atoms with Gasteiger partial charge in [-0.25, -0.2) is 0 Å². The van der Waals surface area contributed by atoms with Crippen LogP contribution in [0.4, 0.5) is 0 Å². The Labute approximate surface area is 108 Å². The largest absolute Gasteiger partial charge is 0.426 e. The van der Waals surface area contributed by atoms with Crippen molar-refractivity contribution in [3.8, 4) is 5.75 Å². The molecule has 0 saturated carbocycles. The summed E-state index contributed by atoms with van der Waals surface area (Å²) in [7, 11) is 0. The summed E-state index contributed by atoms with van der Waals surface area (Å²) in [5.41, 5.74) is 0.433. The van der Waals surface area contributed by atoms with E-state index in [1.165, 1.54) is 0 Å². The van der Waals surface area contributed by atoms with Gasteiger partial charge in [0.05, 0.1) is 5.56 Å². The number of hydrogen-bond donors (Lipinski definition) is 0. The molecule has 0 radical (unpaired) electrons. The van der Waals surface area contributed by atoms with Crippen molar-refractivity contribution in [1.29, 1.82) is 0 Å². The van der Waals surface area contributed by atoms with Gasteiger partial charge in [0.25, 0.3) is 5.91 Å². The number of esters is 1. The minimum absolute atomic E-state index is 0.112. The number of benzene rings is 1. The van der Waals surface area contributed by atoms with E-state index in [1.54, 1.807) is 36.1 Å². The Hall–Kier alpha value is -1.84. The first kappa shape index (κ1) is 14.2. The standard InChI is InChI=1S/C14H19NO3/c1-4-13(16)18-12-10-8-7-9-11(12)14(17)15(5-2)6-3/h7-10H,4-6H2,1-3H3. The van der Waals surface area contributed by atoms with Crippen LogP contribution < -0.4 is 4.74 Å². The molecule has 0 aromatic heterocycles. The minimum atomic E-state index is -0.338. The van der Waals surface area contributed by atoms with E-state index in [9.17, 15) is 9.59 Å². The van der Waals surface area contributed by atoms with Crippen molar-refractivity contribution < 1.29 is 14.3 Å². The van der Waals surface area contributed by atoms with Gasteiger partial charge in [-0.2, -0.15) is 0 Å². The summed E-state index contributed by atoms with van der Waals surface area (Å²) in [4.78, 5) is 25.2. The smallest absolute Gasteiger partial charge is 0.310 e. The SMILES string of the molecule is CCC(=O)Oc1ccccc1C(=O)N(CC)CC. The molecule has 4 nitrogen and oxygen atoms in total. The maximum atomic E-state index is 12.2. The summed E-state index contributed by atoms with van der Waals surface area (Å²) in [6.07, 6.45) is 0.286. The van der Waals surface area contributed by atoms with Crippen molar-refractivity contribution in [2.45, 2.75) is 27.2 Å². The first-order chi connectivity index (χ1) is 8.63. The molecule has 0 aliphatic heterocycles.